The van der Waals surface area contributed by atoms with Gasteiger partial charge in [-0.25, -0.2) is 15.0 Å². The summed E-state index contributed by atoms with van der Waals surface area (Å²) in [4.78, 5) is 38.6. The molecule has 10 heteroatoms. The number of nitrogens with zero attached hydrogens (tertiary/aromatic N) is 4. The van der Waals surface area contributed by atoms with Gasteiger partial charge in [-0.2, -0.15) is 0 Å². The number of amides is 1. The normalized spacial score (nSPS) is 13.8. The molecule has 160 valence electrons. The van der Waals surface area contributed by atoms with Crippen LogP contribution in [-0.4, -0.2) is 32.0 Å². The largest absolute Gasteiger partial charge is 0.359 e. The van der Waals surface area contributed by atoms with Crippen LogP contribution in [0.15, 0.2) is 59.7 Å². The zero-order valence-electron chi connectivity index (χ0n) is 17.0. The second kappa shape index (κ2) is 7.93. The van der Waals surface area contributed by atoms with Crippen LogP contribution in [0.25, 0.3) is 16.6 Å². The molecular formula is C22H18ClN7O2. The molecule has 0 fully saturated rings. The number of hydrogen-bond acceptors (Lipinski definition) is 7. The van der Waals surface area contributed by atoms with Crippen molar-refractivity contribution in [2.45, 2.75) is 13.0 Å². The summed E-state index contributed by atoms with van der Waals surface area (Å²) in [6.45, 7) is 2.00. The molecule has 1 atom stereocenters. The minimum Gasteiger partial charge on any atom is -0.359 e. The second-order valence-electron chi connectivity index (χ2n) is 7.29. The molecule has 0 unspecified atom stereocenters. The van der Waals surface area contributed by atoms with Crippen LogP contribution in [0.5, 0.6) is 0 Å². The van der Waals surface area contributed by atoms with Crippen molar-refractivity contribution in [2.24, 2.45) is 0 Å². The van der Waals surface area contributed by atoms with E-state index in [1.807, 2.05) is 37.3 Å². The highest BCUT2D eigenvalue weighted by molar-refractivity contribution is 6.35. The highest BCUT2D eigenvalue weighted by atomic mass is 35.5. The number of nitrogens with one attached hydrogen (secondary N) is 3. The van der Waals surface area contributed by atoms with Gasteiger partial charge in [0.15, 0.2) is 11.6 Å². The molecule has 0 bridgehead atoms. The lowest BCUT2D eigenvalue weighted by Gasteiger charge is -2.24. The summed E-state index contributed by atoms with van der Waals surface area (Å²) in [5, 5.41) is 9.70. The molecule has 0 radical (unpaired) electrons. The SMILES string of the molecule is C[C@H](Nc1ncnc2c1NC(=O)CN2)c1nc2cccc(Cl)c2c(=O)n1-c1ccccc1. The summed E-state index contributed by atoms with van der Waals surface area (Å²) in [6, 6.07) is 14.0. The van der Waals surface area contributed by atoms with E-state index in [2.05, 4.69) is 25.9 Å². The van der Waals surface area contributed by atoms with Gasteiger partial charge in [-0.05, 0) is 31.2 Å². The Morgan fingerprint density at radius 2 is 1.91 bits per heavy atom. The van der Waals surface area contributed by atoms with Crippen LogP contribution in [0.1, 0.15) is 18.8 Å². The van der Waals surface area contributed by atoms with Crippen molar-refractivity contribution in [1.82, 2.24) is 19.5 Å². The van der Waals surface area contributed by atoms with Crippen molar-refractivity contribution in [3.05, 3.63) is 76.1 Å². The molecule has 4 aromatic rings. The van der Waals surface area contributed by atoms with Crippen molar-refractivity contribution < 1.29 is 4.79 Å². The molecule has 1 amide bonds. The zero-order chi connectivity index (χ0) is 22.2. The van der Waals surface area contributed by atoms with E-state index in [0.29, 0.717) is 44.8 Å². The molecule has 0 spiro atoms. The molecule has 3 heterocycles. The van der Waals surface area contributed by atoms with E-state index in [1.165, 1.54) is 10.9 Å². The molecule has 1 aliphatic rings. The predicted octanol–water partition coefficient (Wildman–Crippen LogP) is 3.37. The van der Waals surface area contributed by atoms with Crippen LogP contribution in [0.4, 0.5) is 17.3 Å². The first-order valence-electron chi connectivity index (χ1n) is 9.95. The predicted molar refractivity (Wildman–Crippen MR) is 124 cm³/mol. The van der Waals surface area contributed by atoms with Crippen molar-refractivity contribution in [2.75, 3.05) is 22.5 Å². The van der Waals surface area contributed by atoms with Gasteiger partial charge in [0.2, 0.25) is 5.91 Å². The fraction of sp³-hybridized carbons (Fsp3) is 0.136. The second-order valence-corrected chi connectivity index (χ2v) is 7.70. The Hall–Kier alpha value is -3.98. The smallest absolute Gasteiger partial charge is 0.267 e. The number of halogens is 1. The highest BCUT2D eigenvalue weighted by Gasteiger charge is 2.23. The molecule has 0 saturated carbocycles. The number of aromatic nitrogens is 4. The first kappa shape index (κ1) is 20.0. The van der Waals surface area contributed by atoms with Crippen LogP contribution >= 0.6 is 11.6 Å². The van der Waals surface area contributed by atoms with Gasteiger partial charge in [0, 0.05) is 0 Å². The van der Waals surface area contributed by atoms with Gasteiger partial charge in [-0.3, -0.25) is 14.2 Å². The summed E-state index contributed by atoms with van der Waals surface area (Å²) in [6.07, 6.45) is 1.40. The van der Waals surface area contributed by atoms with Gasteiger partial charge in [-0.1, -0.05) is 35.9 Å². The number of benzene rings is 2. The Morgan fingerprint density at radius 1 is 1.09 bits per heavy atom. The summed E-state index contributed by atoms with van der Waals surface area (Å²) in [5.74, 6) is 1.22. The fourth-order valence-corrected chi connectivity index (χ4v) is 3.94. The van der Waals surface area contributed by atoms with E-state index < -0.39 is 6.04 Å². The third-order valence-corrected chi connectivity index (χ3v) is 5.47. The standard InChI is InChI=1S/C22H18ClN7O2/c1-12(27-20-18-19(25-11-26-20)24-10-16(31)29-18)21-28-15-9-5-8-14(23)17(15)22(32)30(21)13-6-3-2-4-7-13/h2-9,11-12H,10H2,1H3,(H,29,31)(H2,24,25,26,27)/t12-/m0/s1. The first-order chi connectivity index (χ1) is 15.5. The number of hydrogen-bond donors (Lipinski definition) is 3. The number of anilines is 3. The molecule has 5 rings (SSSR count). The summed E-state index contributed by atoms with van der Waals surface area (Å²) in [5.41, 5.74) is 1.34. The molecule has 0 saturated heterocycles. The van der Waals surface area contributed by atoms with E-state index in [0.717, 1.165) is 0 Å². The van der Waals surface area contributed by atoms with Crippen LogP contribution < -0.4 is 21.5 Å². The van der Waals surface area contributed by atoms with E-state index in [9.17, 15) is 9.59 Å². The lowest BCUT2D eigenvalue weighted by Crippen LogP contribution is -2.30. The summed E-state index contributed by atoms with van der Waals surface area (Å²) < 4.78 is 1.54. The molecule has 9 nitrogen and oxygen atoms in total. The first-order valence-corrected chi connectivity index (χ1v) is 10.3. The number of carbonyl (C=O) groups is 1. The summed E-state index contributed by atoms with van der Waals surface area (Å²) in [7, 11) is 0. The van der Waals surface area contributed by atoms with Crippen molar-refractivity contribution in [1.29, 1.82) is 0 Å². The van der Waals surface area contributed by atoms with Gasteiger partial charge in [-0.15, -0.1) is 0 Å². The Morgan fingerprint density at radius 3 is 2.72 bits per heavy atom. The Kier molecular flexibility index (Phi) is 4.95. The van der Waals surface area contributed by atoms with Crippen LogP contribution in [-0.2, 0) is 4.79 Å². The topological polar surface area (TPSA) is 114 Å². The van der Waals surface area contributed by atoms with Crippen LogP contribution in [0.2, 0.25) is 5.02 Å². The maximum Gasteiger partial charge on any atom is 0.267 e. The van der Waals surface area contributed by atoms with E-state index in [4.69, 9.17) is 16.6 Å². The minimum absolute atomic E-state index is 0.138. The van der Waals surface area contributed by atoms with Crippen molar-refractivity contribution >= 4 is 45.7 Å². The van der Waals surface area contributed by atoms with E-state index in [1.54, 1.807) is 18.2 Å². The monoisotopic (exact) mass is 447 g/mol. The number of rotatable bonds is 4. The molecule has 32 heavy (non-hydrogen) atoms. The van der Waals surface area contributed by atoms with Crippen LogP contribution in [0.3, 0.4) is 0 Å². The number of carbonyl (C=O) groups excluding carboxylic acids is 1. The van der Waals surface area contributed by atoms with Crippen LogP contribution in [0, 0.1) is 0 Å². The van der Waals surface area contributed by atoms with Gasteiger partial charge in [0.25, 0.3) is 5.56 Å². The zero-order valence-corrected chi connectivity index (χ0v) is 17.7. The average molecular weight is 448 g/mol. The molecule has 2 aromatic heterocycles. The molecule has 1 aliphatic heterocycles. The quantitative estimate of drug-likeness (QED) is 0.439. The minimum atomic E-state index is -0.455. The maximum atomic E-state index is 13.5. The Bertz CT molecular complexity index is 1410. The highest BCUT2D eigenvalue weighted by Crippen LogP contribution is 2.31. The van der Waals surface area contributed by atoms with Gasteiger partial charge >= 0.3 is 0 Å². The Balaban J connectivity index is 1.66. The maximum absolute atomic E-state index is 13.5. The van der Waals surface area contributed by atoms with E-state index >= 15 is 0 Å². The average Bonchev–Trinajstić information content (AvgIpc) is 2.80. The van der Waals surface area contributed by atoms with Crippen molar-refractivity contribution in [3.8, 4) is 5.69 Å². The number of fused-ring (bicyclic) bond motifs is 2. The van der Waals surface area contributed by atoms with Gasteiger partial charge in [0.05, 0.1) is 34.2 Å². The molecule has 0 aliphatic carbocycles. The van der Waals surface area contributed by atoms with Gasteiger partial charge in [0.1, 0.15) is 17.8 Å². The molecular weight excluding hydrogens is 430 g/mol. The van der Waals surface area contributed by atoms with Gasteiger partial charge < -0.3 is 16.0 Å². The molecule has 3 N–H and O–H groups in total. The fourth-order valence-electron chi connectivity index (χ4n) is 3.69. The Labute approximate surface area is 187 Å². The third-order valence-electron chi connectivity index (χ3n) is 5.16. The molecule has 2 aromatic carbocycles. The third kappa shape index (κ3) is 3.42. The lowest BCUT2D eigenvalue weighted by atomic mass is 10.2. The van der Waals surface area contributed by atoms with E-state index in [-0.39, 0.29) is 18.0 Å². The number of para-hydroxylation sites is 1. The summed E-state index contributed by atoms with van der Waals surface area (Å²) >= 11 is 6.34. The van der Waals surface area contributed by atoms with Crippen molar-refractivity contribution in [3.63, 3.8) is 0 Å². The lowest BCUT2D eigenvalue weighted by molar-refractivity contribution is -0.114.